The summed E-state index contributed by atoms with van der Waals surface area (Å²) in [6.45, 7) is 7.94. The van der Waals surface area contributed by atoms with Gasteiger partial charge in [0.15, 0.2) is 0 Å². The lowest BCUT2D eigenvalue weighted by atomic mass is 10.1. The second-order valence-electron chi connectivity index (χ2n) is 4.39. The summed E-state index contributed by atoms with van der Waals surface area (Å²) in [4.78, 5) is 13.5. The third-order valence-corrected chi connectivity index (χ3v) is 3.21. The van der Waals surface area contributed by atoms with Crippen LogP contribution in [0.4, 0.5) is 0 Å². The fraction of sp³-hybridized carbons (Fsp3) is 0.769. The van der Waals surface area contributed by atoms with Crippen molar-refractivity contribution in [3.8, 4) is 0 Å². The molecule has 1 aliphatic rings. The minimum atomic E-state index is 0.249. The fourth-order valence-corrected chi connectivity index (χ4v) is 1.87. The largest absolute Gasteiger partial charge is 0.343 e. The van der Waals surface area contributed by atoms with Crippen molar-refractivity contribution < 1.29 is 4.79 Å². The smallest absolute Gasteiger partial charge is 0.226 e. The van der Waals surface area contributed by atoms with E-state index in [9.17, 15) is 4.79 Å². The second-order valence-corrected chi connectivity index (χ2v) is 4.39. The Bertz CT molecular complexity index is 227. The van der Waals surface area contributed by atoms with Crippen LogP contribution in [0.5, 0.6) is 0 Å². The molecule has 0 aliphatic heterocycles. The first-order valence-corrected chi connectivity index (χ1v) is 6.13. The predicted octanol–water partition coefficient (Wildman–Crippen LogP) is 2.85. The van der Waals surface area contributed by atoms with E-state index in [2.05, 4.69) is 13.0 Å². The standard InChI is InChI=1S/C13H23NO/c1-4-14(5-2)13(15)8-6-7-11(3)12-9-10-12/h6-7,11-12H,4-5,8-10H2,1-3H3/b7-6+. The molecule has 15 heavy (non-hydrogen) atoms. The van der Waals surface area contributed by atoms with E-state index in [1.165, 1.54) is 12.8 Å². The van der Waals surface area contributed by atoms with Gasteiger partial charge in [0.25, 0.3) is 0 Å². The number of rotatable bonds is 6. The molecule has 1 aliphatic carbocycles. The van der Waals surface area contributed by atoms with Crippen molar-refractivity contribution in [2.75, 3.05) is 13.1 Å². The molecule has 2 heteroatoms. The van der Waals surface area contributed by atoms with Crippen LogP contribution in [0.1, 0.15) is 40.0 Å². The highest BCUT2D eigenvalue weighted by Gasteiger charge is 2.25. The number of nitrogens with zero attached hydrogens (tertiary/aromatic N) is 1. The molecule has 1 unspecified atom stereocenters. The number of hydrogen-bond acceptors (Lipinski definition) is 1. The summed E-state index contributed by atoms with van der Waals surface area (Å²) in [5.74, 6) is 1.80. The zero-order chi connectivity index (χ0) is 11.3. The maximum Gasteiger partial charge on any atom is 0.226 e. The molecule has 1 rings (SSSR count). The van der Waals surface area contributed by atoms with Crippen LogP contribution in [0, 0.1) is 11.8 Å². The van der Waals surface area contributed by atoms with Gasteiger partial charge in [-0.3, -0.25) is 4.79 Å². The first-order chi connectivity index (χ1) is 7.19. The Labute approximate surface area is 93.3 Å². The van der Waals surface area contributed by atoms with Crippen LogP contribution < -0.4 is 0 Å². The predicted molar refractivity (Wildman–Crippen MR) is 63.6 cm³/mol. The minimum Gasteiger partial charge on any atom is -0.343 e. The lowest BCUT2D eigenvalue weighted by Crippen LogP contribution is -2.29. The zero-order valence-electron chi connectivity index (χ0n) is 10.2. The molecule has 0 saturated heterocycles. The molecule has 0 N–H and O–H groups in total. The first-order valence-electron chi connectivity index (χ1n) is 6.13. The molecule has 0 heterocycles. The summed E-state index contributed by atoms with van der Waals surface area (Å²) in [7, 11) is 0. The van der Waals surface area contributed by atoms with Gasteiger partial charge in [0.1, 0.15) is 0 Å². The molecule has 0 radical (unpaired) electrons. The topological polar surface area (TPSA) is 20.3 Å². The van der Waals surface area contributed by atoms with E-state index in [1.807, 2.05) is 24.8 Å². The Kier molecular flexibility index (Phi) is 4.86. The Morgan fingerprint density at radius 2 is 2.00 bits per heavy atom. The van der Waals surface area contributed by atoms with Gasteiger partial charge in [-0.2, -0.15) is 0 Å². The van der Waals surface area contributed by atoms with Gasteiger partial charge in [0.05, 0.1) is 0 Å². The number of allylic oxidation sites excluding steroid dienone is 1. The number of carbonyl (C=O) groups is 1. The molecule has 86 valence electrons. The molecule has 2 nitrogen and oxygen atoms in total. The molecular formula is C13H23NO. The number of amides is 1. The van der Waals surface area contributed by atoms with Crippen LogP contribution in [-0.2, 0) is 4.79 Å². The van der Waals surface area contributed by atoms with Gasteiger partial charge < -0.3 is 4.90 Å². The van der Waals surface area contributed by atoms with Gasteiger partial charge in [-0.1, -0.05) is 19.1 Å². The van der Waals surface area contributed by atoms with Crippen molar-refractivity contribution in [1.29, 1.82) is 0 Å². The Hall–Kier alpha value is -0.790. The maximum absolute atomic E-state index is 11.6. The number of hydrogen-bond donors (Lipinski definition) is 0. The summed E-state index contributed by atoms with van der Waals surface area (Å²) in [6, 6.07) is 0. The SMILES string of the molecule is CCN(CC)C(=O)C/C=C/C(C)C1CC1. The van der Waals surface area contributed by atoms with E-state index in [0.29, 0.717) is 12.3 Å². The van der Waals surface area contributed by atoms with Gasteiger partial charge in [-0.05, 0) is 38.5 Å². The molecule has 1 atom stereocenters. The highest BCUT2D eigenvalue weighted by atomic mass is 16.2. The van der Waals surface area contributed by atoms with Crippen LogP contribution in [0.25, 0.3) is 0 Å². The molecule has 1 saturated carbocycles. The normalized spacial score (nSPS) is 18.1. The van der Waals surface area contributed by atoms with Crippen molar-refractivity contribution in [3.05, 3.63) is 12.2 Å². The lowest BCUT2D eigenvalue weighted by Gasteiger charge is -2.17. The number of carbonyl (C=O) groups excluding carboxylic acids is 1. The molecule has 0 aromatic heterocycles. The molecule has 0 aromatic rings. The molecular weight excluding hydrogens is 186 g/mol. The van der Waals surface area contributed by atoms with Gasteiger partial charge in [0, 0.05) is 19.5 Å². The zero-order valence-corrected chi connectivity index (χ0v) is 10.2. The fourth-order valence-electron chi connectivity index (χ4n) is 1.87. The van der Waals surface area contributed by atoms with Crippen molar-refractivity contribution in [2.45, 2.75) is 40.0 Å². The summed E-state index contributed by atoms with van der Waals surface area (Å²) in [5.41, 5.74) is 0. The van der Waals surface area contributed by atoms with E-state index in [-0.39, 0.29) is 5.91 Å². The molecule has 1 fully saturated rings. The van der Waals surface area contributed by atoms with Gasteiger partial charge in [-0.15, -0.1) is 0 Å². The van der Waals surface area contributed by atoms with Crippen molar-refractivity contribution in [1.82, 2.24) is 4.90 Å². The van der Waals surface area contributed by atoms with Gasteiger partial charge in [-0.25, -0.2) is 0 Å². The van der Waals surface area contributed by atoms with Crippen molar-refractivity contribution >= 4 is 5.91 Å². The van der Waals surface area contributed by atoms with Crippen LogP contribution in [0.2, 0.25) is 0 Å². The van der Waals surface area contributed by atoms with E-state index < -0.39 is 0 Å². The minimum absolute atomic E-state index is 0.249. The summed E-state index contributed by atoms with van der Waals surface area (Å²) >= 11 is 0. The third kappa shape index (κ3) is 4.06. The van der Waals surface area contributed by atoms with E-state index in [0.717, 1.165) is 19.0 Å². The third-order valence-electron chi connectivity index (χ3n) is 3.21. The van der Waals surface area contributed by atoms with E-state index in [1.54, 1.807) is 0 Å². The Morgan fingerprint density at radius 3 is 2.47 bits per heavy atom. The molecule has 0 aromatic carbocycles. The average molecular weight is 209 g/mol. The maximum atomic E-state index is 11.6. The quantitative estimate of drug-likeness (QED) is 0.616. The van der Waals surface area contributed by atoms with Gasteiger partial charge in [0.2, 0.25) is 5.91 Å². The molecule has 0 spiro atoms. The van der Waals surface area contributed by atoms with E-state index in [4.69, 9.17) is 0 Å². The van der Waals surface area contributed by atoms with E-state index >= 15 is 0 Å². The summed E-state index contributed by atoms with van der Waals surface area (Å²) in [5, 5.41) is 0. The highest BCUT2D eigenvalue weighted by Crippen LogP contribution is 2.37. The second kappa shape index (κ2) is 5.94. The highest BCUT2D eigenvalue weighted by molar-refractivity contribution is 5.77. The molecule has 1 amide bonds. The summed E-state index contributed by atoms with van der Waals surface area (Å²) < 4.78 is 0. The van der Waals surface area contributed by atoms with Crippen LogP contribution in [0.15, 0.2) is 12.2 Å². The van der Waals surface area contributed by atoms with Crippen molar-refractivity contribution in [2.24, 2.45) is 11.8 Å². The van der Waals surface area contributed by atoms with Crippen LogP contribution in [0.3, 0.4) is 0 Å². The summed E-state index contributed by atoms with van der Waals surface area (Å²) in [6.07, 6.45) is 7.56. The lowest BCUT2D eigenvalue weighted by molar-refractivity contribution is -0.129. The average Bonchev–Trinajstić information content (AvgIpc) is 3.02. The monoisotopic (exact) mass is 209 g/mol. The van der Waals surface area contributed by atoms with Gasteiger partial charge >= 0.3 is 0 Å². The van der Waals surface area contributed by atoms with Crippen LogP contribution >= 0.6 is 0 Å². The van der Waals surface area contributed by atoms with Crippen molar-refractivity contribution in [3.63, 3.8) is 0 Å². The first kappa shape index (κ1) is 12.3. The Balaban J connectivity index is 2.25. The Morgan fingerprint density at radius 1 is 1.40 bits per heavy atom. The molecule has 0 bridgehead atoms. The van der Waals surface area contributed by atoms with Crippen LogP contribution in [-0.4, -0.2) is 23.9 Å².